The van der Waals surface area contributed by atoms with Crippen molar-refractivity contribution >= 4 is 6.09 Å². The molecule has 1 heterocycles. The Kier molecular flexibility index (Phi) is 4.56. The molecule has 0 aromatic heterocycles. The predicted molar refractivity (Wildman–Crippen MR) is 38.2 cm³/mol. The Bertz CT molecular complexity index is 128. The largest absolute Gasteiger partial charge is 0.448 e. The minimum absolute atomic E-state index is 0. The van der Waals surface area contributed by atoms with Gasteiger partial charge in [0, 0.05) is 13.2 Å². The molecule has 5 heteroatoms. The minimum Gasteiger partial charge on any atom is -0.448 e. The minimum atomic E-state index is -0.256. The first-order chi connectivity index (χ1) is 4.84. The summed E-state index contributed by atoms with van der Waals surface area (Å²) in [6.45, 7) is 1.89. The summed E-state index contributed by atoms with van der Waals surface area (Å²) in [6.07, 6.45) is 0.378. The van der Waals surface area contributed by atoms with E-state index in [9.17, 15) is 4.79 Å². The molecule has 0 bridgehead atoms. The van der Waals surface area contributed by atoms with Gasteiger partial charge in [0.15, 0.2) is 0 Å². The lowest BCUT2D eigenvalue weighted by molar-refractivity contribution is 0.156. The van der Waals surface area contributed by atoms with Crippen molar-refractivity contribution in [1.82, 2.24) is 4.90 Å². The highest BCUT2D eigenvalue weighted by molar-refractivity contribution is 5.69. The Balaban J connectivity index is 0.000001000. The fourth-order valence-corrected chi connectivity index (χ4v) is 0.890. The second kappa shape index (κ2) is 4.92. The Morgan fingerprint density at radius 3 is 2.82 bits per heavy atom. The first-order valence-corrected chi connectivity index (χ1v) is 3.37. The third kappa shape index (κ3) is 2.73. The standard InChI is InChI=1S/C6H11NO3.H2O/c8-4-1-2-7-3-5-10-6(7)9;/h8H,1-5H2;1H2. The van der Waals surface area contributed by atoms with Gasteiger partial charge in [-0.05, 0) is 6.42 Å². The van der Waals surface area contributed by atoms with Gasteiger partial charge in [-0.2, -0.15) is 0 Å². The van der Waals surface area contributed by atoms with Crippen molar-refractivity contribution in [3.8, 4) is 0 Å². The van der Waals surface area contributed by atoms with E-state index in [2.05, 4.69) is 4.74 Å². The highest BCUT2D eigenvalue weighted by Gasteiger charge is 2.20. The van der Waals surface area contributed by atoms with Gasteiger partial charge in [-0.3, -0.25) is 0 Å². The number of carbonyl (C=O) groups excluding carboxylic acids is 1. The number of cyclic esters (lactones) is 1. The number of amides is 1. The molecule has 0 atom stereocenters. The van der Waals surface area contributed by atoms with Gasteiger partial charge in [0.1, 0.15) is 6.61 Å². The van der Waals surface area contributed by atoms with Crippen LogP contribution in [0.3, 0.4) is 0 Å². The molecule has 5 nitrogen and oxygen atoms in total. The first-order valence-electron chi connectivity index (χ1n) is 3.37. The topological polar surface area (TPSA) is 81.3 Å². The second-order valence-corrected chi connectivity index (χ2v) is 2.18. The molecular formula is C6H13NO4. The molecule has 0 aromatic rings. The number of ether oxygens (including phenoxy) is 1. The van der Waals surface area contributed by atoms with Gasteiger partial charge >= 0.3 is 6.09 Å². The maximum Gasteiger partial charge on any atom is 0.409 e. The van der Waals surface area contributed by atoms with Gasteiger partial charge < -0.3 is 20.2 Å². The summed E-state index contributed by atoms with van der Waals surface area (Å²) in [7, 11) is 0. The number of aliphatic hydroxyl groups is 1. The summed E-state index contributed by atoms with van der Waals surface area (Å²) in [5, 5.41) is 8.43. The van der Waals surface area contributed by atoms with Crippen LogP contribution >= 0.6 is 0 Å². The van der Waals surface area contributed by atoms with Crippen LogP contribution in [0.2, 0.25) is 0 Å². The SMILES string of the molecule is O.O=C1OCCN1CCCO. The lowest BCUT2D eigenvalue weighted by Crippen LogP contribution is -2.25. The number of nitrogens with zero attached hydrogens (tertiary/aromatic N) is 1. The van der Waals surface area contributed by atoms with E-state index in [1.165, 1.54) is 0 Å². The molecule has 1 rings (SSSR count). The van der Waals surface area contributed by atoms with Crippen LogP contribution in [0.4, 0.5) is 4.79 Å². The summed E-state index contributed by atoms with van der Waals surface area (Å²) in [6, 6.07) is 0. The molecular weight excluding hydrogens is 150 g/mol. The van der Waals surface area contributed by atoms with E-state index in [0.717, 1.165) is 0 Å². The van der Waals surface area contributed by atoms with Gasteiger partial charge in [0.05, 0.1) is 6.54 Å². The maximum absolute atomic E-state index is 10.7. The summed E-state index contributed by atoms with van der Waals surface area (Å²) in [5.41, 5.74) is 0. The number of rotatable bonds is 3. The molecule has 1 amide bonds. The second-order valence-electron chi connectivity index (χ2n) is 2.18. The van der Waals surface area contributed by atoms with Gasteiger partial charge in [0.2, 0.25) is 0 Å². The Morgan fingerprint density at radius 1 is 1.64 bits per heavy atom. The van der Waals surface area contributed by atoms with Crippen molar-refractivity contribution in [1.29, 1.82) is 0 Å². The van der Waals surface area contributed by atoms with Crippen LogP contribution in [-0.2, 0) is 4.74 Å². The Hall–Kier alpha value is -0.810. The number of hydrogen-bond acceptors (Lipinski definition) is 3. The number of hydrogen-bond donors (Lipinski definition) is 1. The summed E-state index contributed by atoms with van der Waals surface area (Å²) in [5.74, 6) is 0. The fraction of sp³-hybridized carbons (Fsp3) is 0.833. The fourth-order valence-electron chi connectivity index (χ4n) is 0.890. The van der Waals surface area contributed by atoms with Crippen molar-refractivity contribution < 1.29 is 20.1 Å². The highest BCUT2D eigenvalue weighted by atomic mass is 16.6. The number of aliphatic hydroxyl groups excluding tert-OH is 1. The van der Waals surface area contributed by atoms with Gasteiger partial charge in [-0.1, -0.05) is 0 Å². The molecule has 0 aromatic carbocycles. The van der Waals surface area contributed by atoms with Crippen LogP contribution in [-0.4, -0.2) is 47.9 Å². The molecule has 1 saturated heterocycles. The third-order valence-corrected chi connectivity index (χ3v) is 1.43. The first kappa shape index (κ1) is 10.2. The van der Waals surface area contributed by atoms with E-state index in [4.69, 9.17) is 5.11 Å². The Morgan fingerprint density at radius 2 is 2.36 bits per heavy atom. The lowest BCUT2D eigenvalue weighted by Gasteiger charge is -2.09. The molecule has 0 radical (unpaired) electrons. The molecule has 1 aliphatic rings. The average molecular weight is 163 g/mol. The monoisotopic (exact) mass is 163 g/mol. The molecule has 11 heavy (non-hydrogen) atoms. The summed E-state index contributed by atoms with van der Waals surface area (Å²) in [4.78, 5) is 12.3. The van der Waals surface area contributed by atoms with Crippen molar-refractivity contribution in [2.24, 2.45) is 0 Å². The van der Waals surface area contributed by atoms with Crippen molar-refractivity contribution in [3.63, 3.8) is 0 Å². The predicted octanol–water partition coefficient (Wildman–Crippen LogP) is -1.00. The molecule has 0 unspecified atom stereocenters. The van der Waals surface area contributed by atoms with Crippen LogP contribution in [0.25, 0.3) is 0 Å². The molecule has 1 fully saturated rings. The van der Waals surface area contributed by atoms with Gasteiger partial charge in [-0.25, -0.2) is 4.79 Å². The van der Waals surface area contributed by atoms with Gasteiger partial charge in [-0.15, -0.1) is 0 Å². The van der Waals surface area contributed by atoms with E-state index >= 15 is 0 Å². The van der Waals surface area contributed by atoms with Crippen molar-refractivity contribution in [2.45, 2.75) is 6.42 Å². The molecule has 1 aliphatic heterocycles. The zero-order valence-corrected chi connectivity index (χ0v) is 6.25. The summed E-state index contributed by atoms with van der Waals surface area (Å²) >= 11 is 0. The average Bonchev–Trinajstić information content (AvgIpc) is 2.31. The van der Waals surface area contributed by atoms with Crippen LogP contribution in [0, 0.1) is 0 Å². The lowest BCUT2D eigenvalue weighted by atomic mass is 10.4. The highest BCUT2D eigenvalue weighted by Crippen LogP contribution is 2.02. The zero-order valence-electron chi connectivity index (χ0n) is 6.25. The molecule has 3 N–H and O–H groups in total. The maximum atomic E-state index is 10.7. The molecule has 0 spiro atoms. The molecule has 0 saturated carbocycles. The Labute approximate surface area is 64.9 Å². The zero-order chi connectivity index (χ0) is 7.40. The molecule has 0 aliphatic carbocycles. The van der Waals surface area contributed by atoms with Gasteiger partial charge in [0.25, 0.3) is 0 Å². The van der Waals surface area contributed by atoms with E-state index in [1.54, 1.807) is 4.90 Å². The smallest absolute Gasteiger partial charge is 0.409 e. The van der Waals surface area contributed by atoms with Crippen LogP contribution in [0.1, 0.15) is 6.42 Å². The quantitative estimate of drug-likeness (QED) is 0.579. The van der Waals surface area contributed by atoms with Crippen LogP contribution < -0.4 is 0 Å². The van der Waals surface area contributed by atoms with Crippen LogP contribution in [0.5, 0.6) is 0 Å². The van der Waals surface area contributed by atoms with E-state index in [0.29, 0.717) is 26.1 Å². The third-order valence-electron chi connectivity index (χ3n) is 1.43. The normalized spacial score (nSPS) is 16.1. The van der Waals surface area contributed by atoms with Crippen molar-refractivity contribution in [3.05, 3.63) is 0 Å². The van der Waals surface area contributed by atoms with Crippen molar-refractivity contribution in [2.75, 3.05) is 26.3 Å². The van der Waals surface area contributed by atoms with E-state index < -0.39 is 0 Å². The van der Waals surface area contributed by atoms with Crippen LogP contribution in [0.15, 0.2) is 0 Å². The van der Waals surface area contributed by atoms with E-state index in [-0.39, 0.29) is 18.2 Å². The van der Waals surface area contributed by atoms with E-state index in [1.807, 2.05) is 0 Å². The molecule has 66 valence electrons. The summed E-state index contributed by atoms with van der Waals surface area (Å²) < 4.78 is 4.67. The number of carbonyl (C=O) groups is 1.